The summed E-state index contributed by atoms with van der Waals surface area (Å²) in [6.45, 7) is 9.64. The molecule has 3 aliphatic rings. The number of benzene rings is 1. The topological polar surface area (TPSA) is 90.5 Å². The molecule has 1 saturated heterocycles. The van der Waals surface area contributed by atoms with Crippen molar-refractivity contribution in [2.75, 3.05) is 12.0 Å². The molecule has 9 heteroatoms. The summed E-state index contributed by atoms with van der Waals surface area (Å²) in [5.74, 6) is -1.77. The van der Waals surface area contributed by atoms with E-state index in [1.807, 2.05) is 0 Å². The van der Waals surface area contributed by atoms with Crippen LogP contribution >= 0.6 is 11.6 Å². The van der Waals surface area contributed by atoms with Gasteiger partial charge >= 0.3 is 0 Å². The first-order chi connectivity index (χ1) is 18.4. The van der Waals surface area contributed by atoms with E-state index in [0.717, 1.165) is 0 Å². The Balaban J connectivity index is 1.81. The smallest absolute Gasteiger partial charge is 0.238 e. The molecular formula is C30H38ClF2N3O3. The molecule has 6 nitrogen and oxygen atoms in total. The maximum absolute atomic E-state index is 14.2. The molecule has 39 heavy (non-hydrogen) atoms. The van der Waals surface area contributed by atoms with Crippen LogP contribution in [0.1, 0.15) is 58.4 Å². The van der Waals surface area contributed by atoms with Crippen LogP contribution in [0.5, 0.6) is 0 Å². The van der Waals surface area contributed by atoms with Gasteiger partial charge in [0.05, 0.1) is 12.1 Å². The highest BCUT2D eigenvalue weighted by atomic mass is 35.5. The van der Waals surface area contributed by atoms with Gasteiger partial charge in [-0.1, -0.05) is 57.2 Å². The number of fused-ring (bicyclic) bond motifs is 2. The third-order valence-electron chi connectivity index (χ3n) is 8.06. The van der Waals surface area contributed by atoms with Crippen molar-refractivity contribution in [2.45, 2.75) is 82.5 Å². The van der Waals surface area contributed by atoms with Crippen LogP contribution < -0.4 is 16.0 Å². The summed E-state index contributed by atoms with van der Waals surface area (Å²) in [6, 6.07) is 2.88. The van der Waals surface area contributed by atoms with Crippen LogP contribution in [0.3, 0.4) is 0 Å². The summed E-state index contributed by atoms with van der Waals surface area (Å²) in [5, 5.41) is 19.4. The number of nitrogens with one attached hydrogen (secondary N) is 3. The number of aliphatic hydroxyl groups is 1. The normalized spacial score (nSPS) is 31.0. The van der Waals surface area contributed by atoms with Crippen LogP contribution in [-0.4, -0.2) is 47.8 Å². The van der Waals surface area contributed by atoms with Gasteiger partial charge in [-0.25, -0.2) is 8.78 Å². The molecule has 1 aromatic rings. The number of rotatable bonds is 7. The maximum atomic E-state index is 14.2. The van der Waals surface area contributed by atoms with E-state index in [0.29, 0.717) is 48.9 Å². The maximum Gasteiger partial charge on any atom is 0.238 e. The second kappa shape index (κ2) is 11.5. The average molecular weight is 562 g/mol. The van der Waals surface area contributed by atoms with E-state index in [1.165, 1.54) is 18.2 Å². The van der Waals surface area contributed by atoms with E-state index in [4.69, 9.17) is 11.6 Å². The van der Waals surface area contributed by atoms with Gasteiger partial charge in [0.1, 0.15) is 17.9 Å². The third-order valence-corrected chi connectivity index (χ3v) is 8.29. The van der Waals surface area contributed by atoms with Gasteiger partial charge in [-0.15, -0.1) is 0 Å². The molecule has 1 saturated carbocycles. The summed E-state index contributed by atoms with van der Waals surface area (Å²) in [6.07, 6.45) is 7.37. The molecule has 0 radical (unpaired) electrons. The molecule has 2 amide bonds. The number of amides is 2. The van der Waals surface area contributed by atoms with E-state index in [1.54, 1.807) is 18.2 Å². The monoisotopic (exact) mass is 561 g/mol. The molecule has 4 atom stereocenters. The summed E-state index contributed by atoms with van der Waals surface area (Å²) in [7, 11) is 0. The van der Waals surface area contributed by atoms with Gasteiger partial charge in [0, 0.05) is 28.7 Å². The number of carbonyl (C=O) groups is 2. The van der Waals surface area contributed by atoms with Crippen molar-refractivity contribution in [3.05, 3.63) is 65.0 Å². The molecule has 2 fully saturated rings. The Morgan fingerprint density at radius 2 is 1.97 bits per heavy atom. The molecule has 4 N–H and O–H groups in total. The lowest BCUT2D eigenvalue weighted by atomic mass is 9.62. The van der Waals surface area contributed by atoms with Crippen LogP contribution in [0.2, 0.25) is 0 Å². The zero-order chi connectivity index (χ0) is 28.5. The van der Waals surface area contributed by atoms with E-state index >= 15 is 0 Å². The summed E-state index contributed by atoms with van der Waals surface area (Å²) in [4.78, 5) is 27.9. The fourth-order valence-electron chi connectivity index (χ4n) is 6.41. The molecule has 4 rings (SSSR count). The SMILES string of the molecule is C=C(/C=C\C=C(\Cl)CF)[C@H]1[C@H](C(=O)N[C@H]2CC[C@H](O)CC2)N[C@H](CC(C)(C)C)[C@]12C(=O)Nc1cc(F)ccc12. The van der Waals surface area contributed by atoms with Gasteiger partial charge in [0.25, 0.3) is 0 Å². The fraction of sp³-hybridized carbons (Fsp3) is 0.533. The number of halogens is 3. The fourth-order valence-corrected chi connectivity index (χ4v) is 6.48. The van der Waals surface area contributed by atoms with Gasteiger partial charge in [-0.3, -0.25) is 9.59 Å². The standard InChI is InChI=1S/C30H38ClF2N3O3/c1-17(6-5-7-18(31)16-32)25-26(27(38)34-20-9-11-21(37)12-10-20)36-24(15-29(2,3)4)30(25)22-13-8-19(33)14-23(22)35-28(30)39/h5-8,13-14,20-21,24-26,36-37H,1,9-12,15-16H2,2-4H3,(H,34,38)(H,35,39)/b6-5-,18-7+/t20-,21-,24-,25+,26-,30+/m1/s1. The Morgan fingerprint density at radius 1 is 1.28 bits per heavy atom. The van der Waals surface area contributed by atoms with Gasteiger partial charge in [-0.2, -0.15) is 0 Å². The number of hydrogen-bond acceptors (Lipinski definition) is 4. The van der Waals surface area contributed by atoms with Gasteiger partial charge < -0.3 is 21.1 Å². The lowest BCUT2D eigenvalue weighted by molar-refractivity contribution is -0.125. The van der Waals surface area contributed by atoms with Crippen molar-refractivity contribution in [3.63, 3.8) is 0 Å². The second-order valence-electron chi connectivity index (χ2n) is 12.1. The van der Waals surface area contributed by atoms with Crippen LogP contribution in [0.15, 0.2) is 53.6 Å². The molecule has 212 valence electrons. The number of hydrogen-bond donors (Lipinski definition) is 4. The van der Waals surface area contributed by atoms with Gasteiger partial charge in [0.2, 0.25) is 11.8 Å². The quantitative estimate of drug-likeness (QED) is 0.351. The molecule has 2 heterocycles. The molecule has 0 unspecified atom stereocenters. The largest absolute Gasteiger partial charge is 0.393 e. The number of aliphatic hydroxyl groups excluding tert-OH is 1. The van der Waals surface area contributed by atoms with E-state index in [-0.39, 0.29) is 34.4 Å². The van der Waals surface area contributed by atoms with Crippen molar-refractivity contribution >= 4 is 29.1 Å². The van der Waals surface area contributed by atoms with Crippen LogP contribution in [-0.2, 0) is 15.0 Å². The Morgan fingerprint density at radius 3 is 2.62 bits per heavy atom. The molecule has 1 aromatic carbocycles. The van der Waals surface area contributed by atoms with Crippen molar-refractivity contribution in [1.82, 2.24) is 10.6 Å². The highest BCUT2D eigenvalue weighted by Gasteiger charge is 2.65. The molecule has 0 aromatic heterocycles. The first kappa shape index (κ1) is 29.4. The van der Waals surface area contributed by atoms with E-state index in [2.05, 4.69) is 43.3 Å². The Kier molecular flexibility index (Phi) is 8.69. The number of alkyl halides is 1. The zero-order valence-corrected chi connectivity index (χ0v) is 23.5. The Bertz CT molecular complexity index is 1190. The molecule has 1 aliphatic carbocycles. The second-order valence-corrected chi connectivity index (χ2v) is 12.6. The first-order valence-corrected chi connectivity index (χ1v) is 13.9. The zero-order valence-electron chi connectivity index (χ0n) is 22.7. The van der Waals surface area contributed by atoms with Crippen molar-refractivity contribution in [1.29, 1.82) is 0 Å². The number of anilines is 1. The van der Waals surface area contributed by atoms with Crippen LogP contribution in [0.4, 0.5) is 14.5 Å². The summed E-state index contributed by atoms with van der Waals surface area (Å²) in [5.41, 5.74) is 0.0345. The first-order valence-electron chi connectivity index (χ1n) is 13.5. The van der Waals surface area contributed by atoms with E-state index in [9.17, 15) is 23.5 Å². The Hall–Kier alpha value is -2.55. The third kappa shape index (κ3) is 5.98. The molecule has 1 spiro atoms. The summed E-state index contributed by atoms with van der Waals surface area (Å²) >= 11 is 5.84. The minimum absolute atomic E-state index is 0.0112. The van der Waals surface area contributed by atoms with Crippen LogP contribution in [0.25, 0.3) is 0 Å². The predicted octanol–water partition coefficient (Wildman–Crippen LogP) is 5.03. The predicted molar refractivity (Wildman–Crippen MR) is 150 cm³/mol. The average Bonchev–Trinajstić information content (AvgIpc) is 3.34. The van der Waals surface area contributed by atoms with Crippen molar-refractivity contribution < 1.29 is 23.5 Å². The number of carbonyl (C=O) groups excluding carboxylic acids is 2. The minimum Gasteiger partial charge on any atom is -0.393 e. The van der Waals surface area contributed by atoms with Crippen molar-refractivity contribution in [3.8, 4) is 0 Å². The lowest BCUT2D eigenvalue weighted by Crippen LogP contribution is -2.51. The van der Waals surface area contributed by atoms with Gasteiger partial charge in [-0.05, 0) is 66.9 Å². The Labute approximate surface area is 234 Å². The highest BCUT2D eigenvalue weighted by molar-refractivity contribution is 6.29. The highest BCUT2D eigenvalue weighted by Crippen LogP contribution is 2.54. The lowest BCUT2D eigenvalue weighted by Gasteiger charge is -2.38. The van der Waals surface area contributed by atoms with E-state index < -0.39 is 35.9 Å². The van der Waals surface area contributed by atoms with Crippen LogP contribution in [0, 0.1) is 17.2 Å². The molecular weight excluding hydrogens is 524 g/mol. The molecule has 2 aliphatic heterocycles. The minimum atomic E-state index is -1.24. The summed E-state index contributed by atoms with van der Waals surface area (Å²) < 4.78 is 27.1. The van der Waals surface area contributed by atoms with Crippen molar-refractivity contribution in [2.24, 2.45) is 11.3 Å². The molecule has 0 bridgehead atoms. The number of allylic oxidation sites excluding steroid dienone is 4. The van der Waals surface area contributed by atoms with Gasteiger partial charge in [0.15, 0.2) is 0 Å².